The number of carbonyl (C=O) groups is 2. The summed E-state index contributed by atoms with van der Waals surface area (Å²) in [5.74, 6) is -4.70. The van der Waals surface area contributed by atoms with Gasteiger partial charge in [0.1, 0.15) is 23.1 Å². The number of aliphatic hydroxyl groups excluding tert-OH is 1. The first-order valence-corrected chi connectivity index (χ1v) is 9.46. The van der Waals surface area contributed by atoms with E-state index in [-0.39, 0.29) is 27.5 Å². The summed E-state index contributed by atoms with van der Waals surface area (Å²) in [6.45, 7) is 0. The molecule has 3 aromatic carbocycles. The average molecular weight is 442 g/mol. The van der Waals surface area contributed by atoms with Crippen molar-refractivity contribution in [2.24, 2.45) is 0 Å². The first-order chi connectivity index (χ1) is 14.8. The number of amides is 1. The Labute approximate surface area is 180 Å². The summed E-state index contributed by atoms with van der Waals surface area (Å²) in [7, 11) is 0. The molecule has 0 bridgehead atoms. The van der Waals surface area contributed by atoms with Gasteiger partial charge in [-0.1, -0.05) is 35.9 Å². The number of aromatic hydroxyl groups is 1. The van der Waals surface area contributed by atoms with Crippen molar-refractivity contribution < 1.29 is 28.6 Å². The summed E-state index contributed by atoms with van der Waals surface area (Å²) in [6.07, 6.45) is 0. The summed E-state index contributed by atoms with van der Waals surface area (Å²) in [4.78, 5) is 26.6. The summed E-state index contributed by atoms with van der Waals surface area (Å²) in [6, 6.07) is 12.8. The molecule has 1 heterocycles. The highest BCUT2D eigenvalue weighted by molar-refractivity contribution is 6.51. The first-order valence-electron chi connectivity index (χ1n) is 9.09. The third-order valence-corrected chi connectivity index (χ3v) is 5.13. The molecule has 2 N–H and O–H groups in total. The monoisotopic (exact) mass is 441 g/mol. The first kappa shape index (κ1) is 20.6. The van der Waals surface area contributed by atoms with Crippen molar-refractivity contribution in [2.45, 2.75) is 6.04 Å². The lowest BCUT2D eigenvalue weighted by molar-refractivity contribution is -0.132. The Kier molecular flexibility index (Phi) is 5.20. The number of halogens is 3. The van der Waals surface area contributed by atoms with Gasteiger partial charge in [-0.05, 0) is 42.0 Å². The highest BCUT2D eigenvalue weighted by Crippen LogP contribution is 2.43. The molecule has 1 fully saturated rings. The van der Waals surface area contributed by atoms with Crippen LogP contribution in [0.4, 0.5) is 14.5 Å². The van der Waals surface area contributed by atoms with Crippen LogP contribution in [0.3, 0.4) is 0 Å². The van der Waals surface area contributed by atoms with Gasteiger partial charge in [0.2, 0.25) is 0 Å². The number of hydrogen-bond donors (Lipinski definition) is 2. The number of nitrogens with zero attached hydrogens (tertiary/aromatic N) is 1. The van der Waals surface area contributed by atoms with Gasteiger partial charge in [-0.25, -0.2) is 8.78 Å². The Balaban J connectivity index is 2.00. The van der Waals surface area contributed by atoms with E-state index >= 15 is 0 Å². The zero-order chi connectivity index (χ0) is 22.3. The number of benzene rings is 3. The maximum Gasteiger partial charge on any atom is 0.300 e. The molecule has 0 aliphatic carbocycles. The Morgan fingerprint density at radius 3 is 2.42 bits per heavy atom. The quantitative estimate of drug-likeness (QED) is 0.342. The topological polar surface area (TPSA) is 77.8 Å². The molecule has 1 unspecified atom stereocenters. The van der Waals surface area contributed by atoms with E-state index in [1.54, 1.807) is 12.1 Å². The minimum Gasteiger partial charge on any atom is -0.508 e. The Hall–Kier alpha value is -3.71. The van der Waals surface area contributed by atoms with Gasteiger partial charge in [0.15, 0.2) is 0 Å². The van der Waals surface area contributed by atoms with Crippen molar-refractivity contribution in [3.8, 4) is 5.75 Å². The third-order valence-electron chi connectivity index (χ3n) is 4.90. The van der Waals surface area contributed by atoms with Crippen molar-refractivity contribution in [3.63, 3.8) is 0 Å². The molecule has 0 saturated carbocycles. The molecule has 8 heteroatoms. The molecular formula is C23H14ClF2NO4. The Bertz CT molecular complexity index is 1260. The Morgan fingerprint density at radius 2 is 1.71 bits per heavy atom. The third kappa shape index (κ3) is 3.64. The van der Waals surface area contributed by atoms with Crippen LogP contribution < -0.4 is 4.90 Å². The largest absolute Gasteiger partial charge is 0.508 e. The molecule has 1 atom stereocenters. The predicted molar refractivity (Wildman–Crippen MR) is 111 cm³/mol. The SMILES string of the molecule is O=C1C(=O)N(c2cc(F)ccc2F)C(c2cccc(O)c2)/C1=C(\O)c1cccc(Cl)c1. The van der Waals surface area contributed by atoms with Gasteiger partial charge in [0, 0.05) is 16.7 Å². The molecule has 0 radical (unpaired) electrons. The molecular weight excluding hydrogens is 428 g/mol. The number of hydrogen-bond acceptors (Lipinski definition) is 4. The van der Waals surface area contributed by atoms with E-state index in [1.165, 1.54) is 36.4 Å². The van der Waals surface area contributed by atoms with Crippen molar-refractivity contribution in [1.29, 1.82) is 0 Å². The fourth-order valence-electron chi connectivity index (χ4n) is 3.55. The minimum absolute atomic E-state index is 0.162. The minimum atomic E-state index is -1.32. The number of aliphatic hydroxyl groups is 1. The maximum absolute atomic E-state index is 14.6. The van der Waals surface area contributed by atoms with Gasteiger partial charge in [-0.2, -0.15) is 0 Å². The van der Waals surface area contributed by atoms with Gasteiger partial charge in [0.05, 0.1) is 17.3 Å². The number of Topliss-reactive ketones (excluding diaryl/α,β-unsaturated/α-hetero) is 1. The molecule has 1 saturated heterocycles. The second kappa shape index (κ2) is 7.85. The summed E-state index contributed by atoms with van der Waals surface area (Å²) >= 11 is 5.98. The van der Waals surface area contributed by atoms with Gasteiger partial charge in [0.25, 0.3) is 11.7 Å². The standard InChI is InChI=1S/C23H14ClF2NO4/c24-14-5-1-4-13(9-14)21(29)19-20(12-3-2-6-16(28)10-12)27(23(31)22(19)30)18-11-15(25)7-8-17(18)26/h1-11,20,28-29H/b21-19+. The van der Waals surface area contributed by atoms with Crippen LogP contribution in [0.5, 0.6) is 5.75 Å². The predicted octanol–water partition coefficient (Wildman–Crippen LogP) is 4.95. The fraction of sp³-hybridized carbons (Fsp3) is 0.0435. The van der Waals surface area contributed by atoms with E-state index in [0.717, 1.165) is 23.1 Å². The smallest absolute Gasteiger partial charge is 0.300 e. The molecule has 1 aliphatic heterocycles. The van der Waals surface area contributed by atoms with E-state index < -0.39 is 40.8 Å². The zero-order valence-corrected chi connectivity index (χ0v) is 16.5. The lowest BCUT2D eigenvalue weighted by Crippen LogP contribution is -2.30. The van der Waals surface area contributed by atoms with Crippen LogP contribution in [0.25, 0.3) is 5.76 Å². The van der Waals surface area contributed by atoms with E-state index in [2.05, 4.69) is 0 Å². The van der Waals surface area contributed by atoms with Crippen LogP contribution >= 0.6 is 11.6 Å². The molecule has 156 valence electrons. The van der Waals surface area contributed by atoms with E-state index in [4.69, 9.17) is 11.6 Å². The number of carbonyl (C=O) groups excluding carboxylic acids is 2. The highest BCUT2D eigenvalue weighted by atomic mass is 35.5. The molecule has 1 aliphatic rings. The summed E-state index contributed by atoms with van der Waals surface area (Å²) in [5, 5.41) is 21.1. The van der Waals surface area contributed by atoms with E-state index in [9.17, 15) is 28.6 Å². The Morgan fingerprint density at radius 1 is 0.968 bits per heavy atom. The highest BCUT2D eigenvalue weighted by Gasteiger charge is 2.48. The van der Waals surface area contributed by atoms with Crippen molar-refractivity contribution in [2.75, 3.05) is 4.90 Å². The normalized spacial score (nSPS) is 17.9. The van der Waals surface area contributed by atoms with Crippen LogP contribution in [0.1, 0.15) is 17.2 Å². The van der Waals surface area contributed by atoms with Crippen LogP contribution in [0.2, 0.25) is 5.02 Å². The van der Waals surface area contributed by atoms with Gasteiger partial charge >= 0.3 is 0 Å². The second-order valence-electron chi connectivity index (χ2n) is 6.87. The van der Waals surface area contributed by atoms with Crippen LogP contribution in [-0.2, 0) is 9.59 Å². The van der Waals surface area contributed by atoms with Crippen molar-refractivity contribution >= 4 is 34.7 Å². The fourth-order valence-corrected chi connectivity index (χ4v) is 3.74. The lowest BCUT2D eigenvalue weighted by atomic mass is 9.95. The second-order valence-corrected chi connectivity index (χ2v) is 7.31. The molecule has 5 nitrogen and oxygen atoms in total. The number of ketones is 1. The van der Waals surface area contributed by atoms with Crippen molar-refractivity contribution in [3.05, 3.63) is 100 Å². The molecule has 0 aromatic heterocycles. The molecule has 4 rings (SSSR count). The summed E-state index contributed by atoms with van der Waals surface area (Å²) < 4.78 is 28.5. The van der Waals surface area contributed by atoms with Gasteiger partial charge in [-0.15, -0.1) is 0 Å². The molecule has 31 heavy (non-hydrogen) atoms. The van der Waals surface area contributed by atoms with Gasteiger partial charge in [-0.3, -0.25) is 14.5 Å². The number of rotatable bonds is 3. The number of phenols is 1. The summed E-state index contributed by atoms with van der Waals surface area (Å²) in [5.41, 5.74) is -0.441. The van der Waals surface area contributed by atoms with Crippen LogP contribution in [0.15, 0.2) is 72.3 Å². The van der Waals surface area contributed by atoms with Gasteiger partial charge < -0.3 is 10.2 Å². The lowest BCUT2D eigenvalue weighted by Gasteiger charge is -2.26. The van der Waals surface area contributed by atoms with Crippen LogP contribution in [-0.4, -0.2) is 21.9 Å². The number of phenolic OH excluding ortho intramolecular Hbond substituents is 1. The molecule has 0 spiro atoms. The molecule has 3 aromatic rings. The van der Waals surface area contributed by atoms with E-state index in [0.29, 0.717) is 0 Å². The zero-order valence-electron chi connectivity index (χ0n) is 15.7. The van der Waals surface area contributed by atoms with Crippen LogP contribution in [0, 0.1) is 11.6 Å². The van der Waals surface area contributed by atoms with Crippen molar-refractivity contribution in [1.82, 2.24) is 0 Å². The number of anilines is 1. The average Bonchev–Trinajstić information content (AvgIpc) is 3.00. The molecule has 1 amide bonds. The maximum atomic E-state index is 14.6. The van der Waals surface area contributed by atoms with E-state index in [1.807, 2.05) is 0 Å².